The molecule has 5 aromatic rings. The summed E-state index contributed by atoms with van der Waals surface area (Å²) < 4.78 is 10.7. The topological polar surface area (TPSA) is 162 Å². The molecule has 0 fully saturated rings. The number of hydrogen-bond donors (Lipinski definition) is 3. The standard InChI is InChI=1S/C35H29N5O7S2/c1-46-30-15-14-22(17-31(30)47-2)16-28(37-33(42)23-8-4-3-5-9-23)34(43)36-25-11-7-13-27(19-25)48-21-32(41)39-35-38-29(20-49-35)24-10-6-12-26(18-24)40(44)45/h3-20H,21H2,1-2H3,(H,36,43)(H,37,42)(H,38,39,41)/b28-16+. The Morgan fingerprint density at radius 3 is 2.43 bits per heavy atom. The van der Waals surface area contributed by atoms with Gasteiger partial charge in [0.05, 0.1) is 30.6 Å². The molecule has 0 aliphatic carbocycles. The van der Waals surface area contributed by atoms with Crippen LogP contribution in [0.3, 0.4) is 0 Å². The minimum absolute atomic E-state index is 0.00793. The lowest BCUT2D eigenvalue weighted by Crippen LogP contribution is -2.30. The Morgan fingerprint density at radius 2 is 1.67 bits per heavy atom. The molecule has 0 bridgehead atoms. The van der Waals surface area contributed by atoms with Crippen LogP contribution >= 0.6 is 23.1 Å². The van der Waals surface area contributed by atoms with E-state index in [0.29, 0.717) is 49.6 Å². The average Bonchev–Trinajstić information content (AvgIpc) is 3.59. The van der Waals surface area contributed by atoms with Crippen molar-refractivity contribution in [1.29, 1.82) is 0 Å². The quantitative estimate of drug-likeness (QED) is 0.0516. The molecule has 3 amide bonds. The predicted molar refractivity (Wildman–Crippen MR) is 190 cm³/mol. The number of benzene rings is 4. The maximum Gasteiger partial charge on any atom is 0.272 e. The summed E-state index contributed by atoms with van der Waals surface area (Å²) in [4.78, 5) is 55.0. The number of hydrogen-bond acceptors (Lipinski definition) is 10. The number of thioether (sulfide) groups is 1. The zero-order valence-electron chi connectivity index (χ0n) is 26.2. The minimum Gasteiger partial charge on any atom is -0.493 e. The van der Waals surface area contributed by atoms with Crippen LogP contribution in [0.4, 0.5) is 16.5 Å². The Labute approximate surface area is 289 Å². The van der Waals surface area contributed by atoms with Gasteiger partial charge in [-0.15, -0.1) is 23.1 Å². The number of anilines is 2. The Kier molecular flexibility index (Phi) is 11.4. The smallest absolute Gasteiger partial charge is 0.272 e. The zero-order valence-corrected chi connectivity index (χ0v) is 27.8. The van der Waals surface area contributed by atoms with Crippen molar-refractivity contribution in [3.8, 4) is 22.8 Å². The summed E-state index contributed by atoms with van der Waals surface area (Å²) in [5.41, 5.74) is 2.44. The van der Waals surface area contributed by atoms with Crippen molar-refractivity contribution in [2.24, 2.45) is 0 Å². The lowest BCUT2D eigenvalue weighted by molar-refractivity contribution is -0.384. The number of carbonyl (C=O) groups is 3. The fourth-order valence-electron chi connectivity index (χ4n) is 4.46. The van der Waals surface area contributed by atoms with E-state index in [9.17, 15) is 24.5 Å². The molecule has 0 aliphatic rings. The first-order chi connectivity index (χ1) is 23.7. The van der Waals surface area contributed by atoms with Gasteiger partial charge >= 0.3 is 0 Å². The Morgan fingerprint density at radius 1 is 0.898 bits per heavy atom. The van der Waals surface area contributed by atoms with Crippen LogP contribution < -0.4 is 25.4 Å². The van der Waals surface area contributed by atoms with Crippen LogP contribution in [0.1, 0.15) is 15.9 Å². The van der Waals surface area contributed by atoms with Gasteiger partial charge in [0.1, 0.15) is 5.70 Å². The number of methoxy groups -OCH3 is 2. The molecule has 0 aliphatic heterocycles. The molecular weight excluding hydrogens is 667 g/mol. The number of rotatable bonds is 13. The van der Waals surface area contributed by atoms with E-state index in [0.717, 1.165) is 0 Å². The predicted octanol–water partition coefficient (Wildman–Crippen LogP) is 6.88. The molecule has 0 spiro atoms. The van der Waals surface area contributed by atoms with E-state index in [-0.39, 0.29) is 23.0 Å². The van der Waals surface area contributed by atoms with Gasteiger partial charge in [-0.1, -0.05) is 42.5 Å². The maximum atomic E-state index is 13.5. The van der Waals surface area contributed by atoms with Gasteiger partial charge in [-0.25, -0.2) is 4.98 Å². The molecule has 0 saturated carbocycles. The molecule has 12 nitrogen and oxygen atoms in total. The first kappa shape index (κ1) is 34.3. The van der Waals surface area contributed by atoms with Crippen LogP contribution in [0.15, 0.2) is 113 Å². The number of non-ortho nitro benzene ring substituents is 1. The van der Waals surface area contributed by atoms with Crippen LogP contribution in [0, 0.1) is 10.1 Å². The molecule has 5 rings (SSSR count). The fraction of sp³-hybridized carbons (Fsp3) is 0.0857. The molecule has 4 aromatic carbocycles. The largest absolute Gasteiger partial charge is 0.493 e. The number of ether oxygens (including phenoxy) is 2. The van der Waals surface area contributed by atoms with E-state index in [1.807, 2.05) is 0 Å². The maximum absolute atomic E-state index is 13.5. The molecule has 0 saturated heterocycles. The molecule has 14 heteroatoms. The highest BCUT2D eigenvalue weighted by Crippen LogP contribution is 2.30. The molecule has 0 unspecified atom stereocenters. The van der Waals surface area contributed by atoms with Gasteiger partial charge in [0.2, 0.25) is 5.91 Å². The minimum atomic E-state index is -0.567. The Bertz CT molecular complexity index is 2030. The van der Waals surface area contributed by atoms with E-state index in [4.69, 9.17) is 9.47 Å². The van der Waals surface area contributed by atoms with Gasteiger partial charge in [-0.2, -0.15) is 0 Å². The summed E-state index contributed by atoms with van der Waals surface area (Å²) in [6.07, 6.45) is 1.53. The molecule has 1 aromatic heterocycles. The van der Waals surface area contributed by atoms with E-state index < -0.39 is 16.7 Å². The van der Waals surface area contributed by atoms with Crippen molar-refractivity contribution in [1.82, 2.24) is 10.3 Å². The van der Waals surface area contributed by atoms with E-state index in [2.05, 4.69) is 20.9 Å². The highest BCUT2D eigenvalue weighted by Gasteiger charge is 2.17. The summed E-state index contributed by atoms with van der Waals surface area (Å²) in [6, 6.07) is 26.7. The highest BCUT2D eigenvalue weighted by atomic mass is 32.2. The third-order valence-corrected chi connectivity index (χ3v) is 8.56. The molecule has 248 valence electrons. The lowest BCUT2D eigenvalue weighted by atomic mass is 10.1. The van der Waals surface area contributed by atoms with Crippen LogP contribution in [-0.2, 0) is 9.59 Å². The van der Waals surface area contributed by atoms with Crippen molar-refractivity contribution >= 4 is 63.4 Å². The van der Waals surface area contributed by atoms with Crippen LogP contribution in [-0.4, -0.2) is 47.6 Å². The number of amides is 3. The van der Waals surface area contributed by atoms with Gasteiger partial charge in [-0.05, 0) is 54.1 Å². The van der Waals surface area contributed by atoms with Gasteiger partial charge in [-0.3, -0.25) is 24.5 Å². The second-order valence-electron chi connectivity index (χ2n) is 10.2. The summed E-state index contributed by atoms with van der Waals surface area (Å²) in [7, 11) is 3.02. The number of thiazole rings is 1. The number of nitro benzene ring substituents is 1. The van der Waals surface area contributed by atoms with Gasteiger partial charge < -0.3 is 25.4 Å². The van der Waals surface area contributed by atoms with Crippen molar-refractivity contribution in [2.75, 3.05) is 30.6 Å². The molecule has 49 heavy (non-hydrogen) atoms. The zero-order chi connectivity index (χ0) is 34.8. The molecule has 3 N–H and O–H groups in total. The van der Waals surface area contributed by atoms with E-state index in [1.54, 1.807) is 90.3 Å². The SMILES string of the molecule is COc1ccc(/C=C(/NC(=O)c2ccccc2)C(=O)Nc2cccc(SCC(=O)Nc3nc(-c4cccc([N+](=O)[O-])c4)cs3)c2)cc1OC. The molecule has 1 heterocycles. The van der Waals surface area contributed by atoms with Gasteiger partial charge in [0.15, 0.2) is 16.6 Å². The van der Waals surface area contributed by atoms with Crippen molar-refractivity contribution in [3.63, 3.8) is 0 Å². The van der Waals surface area contributed by atoms with Gasteiger partial charge in [0.25, 0.3) is 17.5 Å². The molecule has 0 radical (unpaired) electrons. The van der Waals surface area contributed by atoms with Crippen LogP contribution in [0.2, 0.25) is 0 Å². The van der Waals surface area contributed by atoms with Crippen LogP contribution in [0.25, 0.3) is 17.3 Å². The second kappa shape index (κ2) is 16.2. The number of aromatic nitrogens is 1. The molecule has 0 atom stereocenters. The first-order valence-electron chi connectivity index (χ1n) is 14.6. The summed E-state index contributed by atoms with van der Waals surface area (Å²) in [6.45, 7) is 0. The van der Waals surface area contributed by atoms with E-state index in [1.165, 1.54) is 55.5 Å². The third kappa shape index (κ3) is 9.31. The van der Waals surface area contributed by atoms with Crippen LogP contribution in [0.5, 0.6) is 11.5 Å². The summed E-state index contributed by atoms with van der Waals surface area (Å²) in [5, 5.41) is 21.5. The van der Waals surface area contributed by atoms with Crippen molar-refractivity contribution < 1.29 is 28.8 Å². The Balaban J connectivity index is 1.25. The number of nitrogens with one attached hydrogen (secondary N) is 3. The summed E-state index contributed by atoms with van der Waals surface area (Å²) >= 11 is 2.46. The number of carbonyl (C=O) groups excluding carboxylic acids is 3. The van der Waals surface area contributed by atoms with E-state index >= 15 is 0 Å². The summed E-state index contributed by atoms with van der Waals surface area (Å²) in [5.74, 6) is -0.308. The fourth-order valence-corrected chi connectivity index (χ4v) is 5.95. The Hall–Kier alpha value is -5.99. The normalized spacial score (nSPS) is 10.9. The number of nitro groups is 1. The van der Waals surface area contributed by atoms with Gasteiger partial charge in [0, 0.05) is 39.2 Å². The third-order valence-electron chi connectivity index (χ3n) is 6.81. The van der Waals surface area contributed by atoms with Crippen molar-refractivity contribution in [2.45, 2.75) is 4.90 Å². The van der Waals surface area contributed by atoms with Crippen molar-refractivity contribution in [3.05, 3.63) is 129 Å². The average molecular weight is 696 g/mol. The first-order valence-corrected chi connectivity index (χ1v) is 16.4. The lowest BCUT2D eigenvalue weighted by Gasteiger charge is -2.13. The second-order valence-corrected chi connectivity index (χ2v) is 12.1. The number of nitrogens with zero attached hydrogens (tertiary/aromatic N) is 2. The monoisotopic (exact) mass is 695 g/mol. The highest BCUT2D eigenvalue weighted by molar-refractivity contribution is 8.00. The molecular formula is C35H29N5O7S2.